The second-order valence-corrected chi connectivity index (χ2v) is 9.04. The van der Waals surface area contributed by atoms with Crippen LogP contribution in [0.3, 0.4) is 0 Å². The minimum atomic E-state index is -1.16. The van der Waals surface area contributed by atoms with E-state index < -0.39 is 23.5 Å². The normalized spacial score (nSPS) is 15.3. The maximum absolute atomic E-state index is 12.8. The fourth-order valence-electron chi connectivity index (χ4n) is 4.29. The van der Waals surface area contributed by atoms with Gasteiger partial charge < -0.3 is 20.5 Å². The topological polar surface area (TPSA) is 118 Å². The van der Waals surface area contributed by atoms with Crippen molar-refractivity contribution in [3.63, 3.8) is 0 Å². The van der Waals surface area contributed by atoms with Gasteiger partial charge in [-0.3, -0.25) is 4.79 Å². The summed E-state index contributed by atoms with van der Waals surface area (Å²) in [6.07, 6.45) is 0.218. The van der Waals surface area contributed by atoms with Crippen LogP contribution in [0.25, 0.3) is 11.1 Å². The molecule has 0 spiro atoms. The Kier molecular flexibility index (Phi) is 5.13. The van der Waals surface area contributed by atoms with E-state index in [1.54, 1.807) is 6.92 Å². The van der Waals surface area contributed by atoms with Crippen LogP contribution >= 0.6 is 11.5 Å². The maximum Gasteiger partial charge on any atom is 0.408 e. The second-order valence-electron chi connectivity index (χ2n) is 8.26. The van der Waals surface area contributed by atoms with E-state index >= 15 is 0 Å². The van der Waals surface area contributed by atoms with Gasteiger partial charge in [0.2, 0.25) is 0 Å². The number of carboxylic acids is 1. The van der Waals surface area contributed by atoms with Crippen LogP contribution in [0.4, 0.5) is 9.80 Å². The van der Waals surface area contributed by atoms with E-state index in [2.05, 4.69) is 27.1 Å². The number of carbonyl (C=O) groups is 3. The van der Waals surface area contributed by atoms with Crippen molar-refractivity contribution in [2.75, 3.05) is 11.9 Å². The van der Waals surface area contributed by atoms with Crippen molar-refractivity contribution in [2.24, 2.45) is 0 Å². The number of carbonyl (C=O) groups excluding carboxylic acids is 2. The van der Waals surface area contributed by atoms with E-state index in [4.69, 9.17) is 4.74 Å². The molecule has 2 aliphatic carbocycles. The number of rotatable bonds is 6. The molecule has 1 fully saturated rings. The van der Waals surface area contributed by atoms with Crippen molar-refractivity contribution in [1.29, 1.82) is 0 Å². The summed E-state index contributed by atoms with van der Waals surface area (Å²) in [7, 11) is 0. The molecular formula is C24H21N3O5S. The van der Waals surface area contributed by atoms with Crippen LogP contribution in [0.5, 0.6) is 0 Å². The lowest BCUT2D eigenvalue weighted by atomic mass is 9.98. The standard InChI is InChI=1S/C24H21N3O5S/c1-13-19(21(28)29)20(33-27-13)25-22(30)24(10-11-24)26-23(31)32-12-18-16-8-4-2-6-14(16)15-7-3-5-9-17(15)18/h2-9,18H,10-12H2,1H3,(H,25,30)(H,26,31)(H,28,29). The number of hydrogen-bond acceptors (Lipinski definition) is 6. The molecule has 1 saturated carbocycles. The molecule has 0 aliphatic heterocycles. The Morgan fingerprint density at radius 3 is 2.27 bits per heavy atom. The molecule has 0 unspecified atom stereocenters. The molecular weight excluding hydrogens is 442 g/mol. The van der Waals surface area contributed by atoms with Crippen LogP contribution in [0.15, 0.2) is 48.5 Å². The summed E-state index contributed by atoms with van der Waals surface area (Å²) in [6, 6.07) is 16.1. The molecule has 1 aromatic heterocycles. The maximum atomic E-state index is 12.8. The van der Waals surface area contributed by atoms with Crippen LogP contribution < -0.4 is 10.6 Å². The third-order valence-corrected chi connectivity index (χ3v) is 7.03. The number of anilines is 1. The highest BCUT2D eigenvalue weighted by atomic mass is 32.1. The molecule has 0 saturated heterocycles. The fourth-order valence-corrected chi connectivity index (χ4v) is 5.08. The van der Waals surface area contributed by atoms with Gasteiger partial charge in [0.15, 0.2) is 0 Å². The molecule has 168 valence electrons. The minimum Gasteiger partial charge on any atom is -0.478 e. The summed E-state index contributed by atoms with van der Waals surface area (Å²) >= 11 is 0.903. The first-order chi connectivity index (χ1) is 15.9. The number of alkyl carbamates (subject to hydrolysis) is 1. The predicted molar refractivity (Wildman–Crippen MR) is 123 cm³/mol. The lowest BCUT2D eigenvalue weighted by Gasteiger charge is -2.19. The van der Waals surface area contributed by atoms with Crippen LogP contribution in [-0.2, 0) is 9.53 Å². The molecule has 9 heteroatoms. The number of nitrogens with zero attached hydrogens (tertiary/aromatic N) is 1. The van der Waals surface area contributed by atoms with Crippen molar-refractivity contribution < 1.29 is 24.2 Å². The Balaban J connectivity index is 1.25. The Bertz CT molecular complexity index is 1240. The molecule has 0 atom stereocenters. The summed E-state index contributed by atoms with van der Waals surface area (Å²) in [5, 5.41) is 14.8. The van der Waals surface area contributed by atoms with E-state index in [0.29, 0.717) is 18.5 Å². The summed E-state index contributed by atoms with van der Waals surface area (Å²) in [5.74, 6) is -1.71. The van der Waals surface area contributed by atoms with Gasteiger partial charge in [0.25, 0.3) is 5.91 Å². The number of aromatic nitrogens is 1. The van der Waals surface area contributed by atoms with Crippen molar-refractivity contribution in [3.05, 3.63) is 70.9 Å². The van der Waals surface area contributed by atoms with Crippen LogP contribution in [-0.4, -0.2) is 39.6 Å². The summed E-state index contributed by atoms with van der Waals surface area (Å²) < 4.78 is 9.55. The average molecular weight is 464 g/mol. The van der Waals surface area contributed by atoms with Gasteiger partial charge in [-0.25, -0.2) is 9.59 Å². The smallest absolute Gasteiger partial charge is 0.408 e. The number of hydrogen-bond donors (Lipinski definition) is 3. The van der Waals surface area contributed by atoms with Gasteiger partial charge in [-0.05, 0) is 53.6 Å². The molecule has 2 aromatic carbocycles. The van der Waals surface area contributed by atoms with Gasteiger partial charge in [-0.15, -0.1) is 0 Å². The Labute approximate surface area is 193 Å². The molecule has 3 aromatic rings. The highest BCUT2D eigenvalue weighted by molar-refractivity contribution is 7.11. The third kappa shape index (κ3) is 3.74. The summed E-state index contributed by atoms with van der Waals surface area (Å²) in [4.78, 5) is 36.8. The van der Waals surface area contributed by atoms with Gasteiger partial charge in [0.1, 0.15) is 22.7 Å². The lowest BCUT2D eigenvalue weighted by Crippen LogP contribution is -2.46. The molecule has 2 amide bonds. The Morgan fingerprint density at radius 1 is 1.09 bits per heavy atom. The third-order valence-electron chi connectivity index (χ3n) is 6.17. The summed E-state index contributed by atoms with van der Waals surface area (Å²) in [6.45, 7) is 1.71. The fraction of sp³-hybridized carbons (Fsp3) is 0.250. The number of fused-ring (bicyclic) bond motifs is 3. The van der Waals surface area contributed by atoms with E-state index in [1.807, 2.05) is 36.4 Å². The van der Waals surface area contributed by atoms with Crippen LogP contribution in [0.2, 0.25) is 0 Å². The molecule has 1 heterocycles. The van der Waals surface area contributed by atoms with Gasteiger partial charge in [0.05, 0.1) is 5.69 Å². The average Bonchev–Trinajstić information content (AvgIpc) is 3.38. The van der Waals surface area contributed by atoms with Gasteiger partial charge in [-0.2, -0.15) is 4.37 Å². The number of aromatic carboxylic acids is 1. The van der Waals surface area contributed by atoms with Crippen molar-refractivity contribution in [2.45, 2.75) is 31.2 Å². The predicted octanol–water partition coefficient (Wildman–Crippen LogP) is 4.16. The lowest BCUT2D eigenvalue weighted by molar-refractivity contribution is -0.119. The van der Waals surface area contributed by atoms with E-state index in [0.717, 1.165) is 33.8 Å². The van der Waals surface area contributed by atoms with Crippen molar-refractivity contribution in [3.8, 4) is 11.1 Å². The van der Waals surface area contributed by atoms with Crippen LogP contribution in [0, 0.1) is 6.92 Å². The minimum absolute atomic E-state index is 0.0368. The van der Waals surface area contributed by atoms with E-state index in [9.17, 15) is 19.5 Å². The Morgan fingerprint density at radius 2 is 1.70 bits per heavy atom. The monoisotopic (exact) mass is 463 g/mol. The number of nitrogens with one attached hydrogen (secondary N) is 2. The SMILES string of the molecule is Cc1nsc(NC(=O)C2(NC(=O)OCC3c4ccccc4-c4ccccc43)CC2)c1C(=O)O. The molecule has 33 heavy (non-hydrogen) atoms. The highest BCUT2D eigenvalue weighted by Gasteiger charge is 2.52. The zero-order valence-corrected chi connectivity index (χ0v) is 18.6. The molecule has 0 radical (unpaired) electrons. The molecule has 8 nitrogen and oxygen atoms in total. The second kappa shape index (κ2) is 8.00. The van der Waals surface area contributed by atoms with Crippen molar-refractivity contribution in [1.82, 2.24) is 9.69 Å². The number of aryl methyl sites for hydroxylation is 1. The number of amides is 2. The zero-order valence-electron chi connectivity index (χ0n) is 17.8. The van der Waals surface area contributed by atoms with Crippen molar-refractivity contribution >= 4 is 34.5 Å². The van der Waals surface area contributed by atoms with E-state index in [-0.39, 0.29) is 23.1 Å². The number of benzene rings is 2. The molecule has 3 N–H and O–H groups in total. The number of carboxylic acid groups (broad SMARTS) is 1. The van der Waals surface area contributed by atoms with E-state index in [1.165, 1.54) is 0 Å². The molecule has 5 rings (SSSR count). The van der Waals surface area contributed by atoms with Gasteiger partial charge in [0, 0.05) is 5.92 Å². The first kappa shape index (κ1) is 21.1. The Hall–Kier alpha value is -3.72. The first-order valence-corrected chi connectivity index (χ1v) is 11.3. The highest BCUT2D eigenvalue weighted by Crippen LogP contribution is 2.44. The quantitative estimate of drug-likeness (QED) is 0.505. The van der Waals surface area contributed by atoms with Gasteiger partial charge in [-0.1, -0.05) is 48.5 Å². The molecule has 2 aliphatic rings. The number of ether oxygens (including phenoxy) is 1. The molecule has 0 bridgehead atoms. The zero-order chi connectivity index (χ0) is 23.2. The first-order valence-electron chi connectivity index (χ1n) is 10.5. The largest absolute Gasteiger partial charge is 0.478 e. The van der Waals surface area contributed by atoms with Crippen LogP contribution in [0.1, 0.15) is 45.9 Å². The summed E-state index contributed by atoms with van der Waals surface area (Å²) in [5.41, 5.74) is 3.67. The van der Waals surface area contributed by atoms with Gasteiger partial charge >= 0.3 is 12.1 Å².